The summed E-state index contributed by atoms with van der Waals surface area (Å²) < 4.78 is 48.1. The molecule has 4 heterocycles. The standard InChI is InChI=1S/C40H60O17/c1-15-20-11-21(43)26-19-7-6-17-10-18(8-9-39(17,3)27(19)29(45)36(52-15)40(20,26)4)53-25-12-22(50-5)34(16(2)51-25)56-38-33(49)31(47)35(24(14-42)55-38)57-37-32(48)30(46)28(44)23(13-41)54-37/h6,15-16,18-20,22-28,30-38,41-42,44,46-49H,7-14H2,1-5H3/t15-,16+,18-,19-,20-,22+,23+,24+,25-,26+,27+,28+,30-,31+,32+,33+,34-,35+,36-,37-,38-,39-,40+/m0/s1. The minimum absolute atomic E-state index is 0.0282. The largest absolute Gasteiger partial charge is 0.394 e. The van der Waals surface area contributed by atoms with Gasteiger partial charge in [-0.2, -0.15) is 0 Å². The van der Waals surface area contributed by atoms with Crippen molar-refractivity contribution in [1.29, 1.82) is 0 Å². The van der Waals surface area contributed by atoms with E-state index in [0.29, 0.717) is 32.1 Å². The average molecular weight is 813 g/mol. The lowest BCUT2D eigenvalue weighted by molar-refractivity contribution is -0.373. The Morgan fingerprint density at radius 2 is 1.44 bits per heavy atom. The summed E-state index contributed by atoms with van der Waals surface area (Å²) in [7, 11) is 1.51. The molecule has 0 amide bonds. The van der Waals surface area contributed by atoms with Gasteiger partial charge in [-0.25, -0.2) is 0 Å². The molecule has 8 rings (SSSR count). The van der Waals surface area contributed by atoms with Crippen molar-refractivity contribution in [2.45, 2.75) is 171 Å². The van der Waals surface area contributed by atoms with E-state index in [1.807, 2.05) is 6.92 Å². The van der Waals surface area contributed by atoms with Gasteiger partial charge in [0.25, 0.3) is 0 Å². The van der Waals surface area contributed by atoms with Crippen molar-refractivity contribution in [2.75, 3.05) is 20.3 Å². The number of carbonyl (C=O) groups excluding carboxylic acids is 2. The van der Waals surface area contributed by atoms with Crippen LogP contribution in [0.25, 0.3) is 0 Å². The molecule has 3 saturated carbocycles. The number of methoxy groups -OCH3 is 1. The SMILES string of the molecule is CO[C@@H]1C[C@H](O[C@H]2CC[C@@]3(C)C(=CC[C@H]4[C@@H]5C(=O)C[C@H]6[C@H](C)O[C@@H](C(=O)[C@@H]43)[C@]65C)C2)O[C@H](C)[C@@H]1O[C@@H]1O[C@H](CO)[C@@H](O[C@@H]2O[C@H](CO)[C@@H](O)[C@H](O)[C@H]2O)[C@H](O)[C@H]1O. The zero-order valence-electron chi connectivity index (χ0n) is 33.1. The molecule has 7 fully saturated rings. The van der Waals surface area contributed by atoms with Crippen molar-refractivity contribution in [3.8, 4) is 0 Å². The molecule has 4 saturated heterocycles. The van der Waals surface area contributed by atoms with Crippen molar-refractivity contribution in [3.05, 3.63) is 11.6 Å². The molecule has 0 spiro atoms. The number of fused-ring (bicyclic) bond motifs is 4. The summed E-state index contributed by atoms with van der Waals surface area (Å²) in [4.78, 5) is 27.9. The maximum atomic E-state index is 14.3. The summed E-state index contributed by atoms with van der Waals surface area (Å²) in [6.07, 6.45) is -13.7. The van der Waals surface area contributed by atoms with Crippen molar-refractivity contribution >= 4 is 11.6 Å². The molecule has 0 aromatic carbocycles. The Hall–Kier alpha value is -1.52. The van der Waals surface area contributed by atoms with Gasteiger partial charge in [-0.3, -0.25) is 9.59 Å². The molecule has 4 aliphatic carbocycles. The molecule has 0 aromatic rings. The van der Waals surface area contributed by atoms with Crippen LogP contribution in [0.3, 0.4) is 0 Å². The number of hydrogen-bond donors (Lipinski definition) is 7. The van der Waals surface area contributed by atoms with Crippen LogP contribution < -0.4 is 0 Å². The van der Waals surface area contributed by atoms with Crippen LogP contribution in [-0.4, -0.2) is 172 Å². The minimum Gasteiger partial charge on any atom is -0.394 e. The summed E-state index contributed by atoms with van der Waals surface area (Å²) in [5.41, 5.74) is 0.328. The van der Waals surface area contributed by atoms with E-state index in [0.717, 1.165) is 0 Å². The van der Waals surface area contributed by atoms with Crippen molar-refractivity contribution in [1.82, 2.24) is 0 Å². The number of ether oxygens (including phenoxy) is 8. The third-order valence-electron chi connectivity index (χ3n) is 15.1. The predicted molar refractivity (Wildman–Crippen MR) is 192 cm³/mol. The summed E-state index contributed by atoms with van der Waals surface area (Å²) in [5, 5.41) is 72.7. The number of hydrogen-bond acceptors (Lipinski definition) is 17. The van der Waals surface area contributed by atoms with Crippen molar-refractivity contribution in [2.24, 2.45) is 34.5 Å². The van der Waals surface area contributed by atoms with Crippen LogP contribution in [0.2, 0.25) is 0 Å². The smallest absolute Gasteiger partial charge is 0.187 e. The van der Waals surface area contributed by atoms with E-state index in [9.17, 15) is 45.3 Å². The molecular formula is C40H60O17. The highest BCUT2D eigenvalue weighted by atomic mass is 16.8. The van der Waals surface area contributed by atoms with Gasteiger partial charge in [-0.15, -0.1) is 0 Å². The van der Waals surface area contributed by atoms with E-state index in [1.165, 1.54) is 12.7 Å². The average Bonchev–Trinajstić information content (AvgIpc) is 3.61. The Morgan fingerprint density at radius 3 is 2.12 bits per heavy atom. The molecule has 0 aromatic heterocycles. The number of aliphatic hydroxyl groups is 7. The van der Waals surface area contributed by atoms with Gasteiger partial charge in [0, 0.05) is 43.1 Å². The lowest BCUT2D eigenvalue weighted by Crippen LogP contribution is -2.65. The van der Waals surface area contributed by atoms with Gasteiger partial charge >= 0.3 is 0 Å². The zero-order chi connectivity index (χ0) is 40.9. The summed E-state index contributed by atoms with van der Waals surface area (Å²) in [6.45, 7) is 6.64. The number of allylic oxidation sites excluding steroid dienone is 1. The van der Waals surface area contributed by atoms with Gasteiger partial charge in [0.05, 0.1) is 37.6 Å². The number of rotatable bonds is 9. The Bertz CT molecular complexity index is 1540. The molecule has 17 heteroatoms. The Morgan fingerprint density at radius 1 is 0.772 bits per heavy atom. The molecule has 322 valence electrons. The van der Waals surface area contributed by atoms with Crippen molar-refractivity contribution < 1.29 is 83.2 Å². The maximum Gasteiger partial charge on any atom is 0.187 e. The Balaban J connectivity index is 0.892. The van der Waals surface area contributed by atoms with Gasteiger partial charge in [-0.05, 0) is 50.9 Å². The van der Waals surface area contributed by atoms with E-state index >= 15 is 0 Å². The third-order valence-corrected chi connectivity index (χ3v) is 15.1. The number of carbonyl (C=O) groups is 2. The van der Waals surface area contributed by atoms with Gasteiger partial charge < -0.3 is 73.6 Å². The van der Waals surface area contributed by atoms with Crippen LogP contribution in [0.5, 0.6) is 0 Å². The normalized spacial score (nSPS) is 54.9. The molecular weight excluding hydrogens is 752 g/mol. The number of aliphatic hydroxyl groups excluding tert-OH is 7. The van der Waals surface area contributed by atoms with Crippen LogP contribution in [0.4, 0.5) is 0 Å². The number of Topliss-reactive ketones (excluding diaryl/α,β-unsaturated/α-hetero) is 2. The first-order valence-electron chi connectivity index (χ1n) is 20.6. The fraction of sp³-hybridized carbons (Fsp3) is 0.900. The van der Waals surface area contributed by atoms with Gasteiger partial charge in [0.1, 0.15) is 66.8 Å². The molecule has 7 N–H and O–H groups in total. The molecule has 0 bridgehead atoms. The molecule has 57 heavy (non-hydrogen) atoms. The van der Waals surface area contributed by atoms with E-state index in [1.54, 1.807) is 6.92 Å². The van der Waals surface area contributed by atoms with E-state index in [-0.39, 0.29) is 53.9 Å². The molecule has 0 unspecified atom stereocenters. The summed E-state index contributed by atoms with van der Waals surface area (Å²) >= 11 is 0. The third kappa shape index (κ3) is 6.72. The van der Waals surface area contributed by atoms with Crippen molar-refractivity contribution in [3.63, 3.8) is 0 Å². The fourth-order valence-electron chi connectivity index (χ4n) is 12.1. The second kappa shape index (κ2) is 15.7. The monoisotopic (exact) mass is 812 g/mol. The van der Waals surface area contributed by atoms with Crippen LogP contribution in [0.15, 0.2) is 11.6 Å². The molecule has 23 atom stereocenters. The lowest BCUT2D eigenvalue weighted by atomic mass is 9.46. The predicted octanol–water partition coefficient (Wildman–Crippen LogP) is -1.13. The highest BCUT2D eigenvalue weighted by Gasteiger charge is 2.72. The lowest BCUT2D eigenvalue weighted by Gasteiger charge is -2.57. The van der Waals surface area contributed by atoms with E-state index in [2.05, 4.69) is 19.9 Å². The Labute approximate surface area is 331 Å². The highest BCUT2D eigenvalue weighted by molar-refractivity contribution is 5.96. The topological polar surface area (TPSA) is 250 Å². The van der Waals surface area contributed by atoms with Crippen LogP contribution in [-0.2, 0) is 47.5 Å². The highest BCUT2D eigenvalue weighted by Crippen LogP contribution is 2.67. The fourth-order valence-corrected chi connectivity index (χ4v) is 12.1. The Kier molecular flexibility index (Phi) is 11.7. The first-order chi connectivity index (χ1) is 27.1. The van der Waals surface area contributed by atoms with E-state index in [4.69, 9.17) is 37.9 Å². The van der Waals surface area contributed by atoms with Gasteiger partial charge in [0.15, 0.2) is 24.7 Å². The van der Waals surface area contributed by atoms with Gasteiger partial charge in [-0.1, -0.05) is 25.5 Å². The quantitative estimate of drug-likeness (QED) is 0.136. The van der Waals surface area contributed by atoms with Crippen LogP contribution >= 0.6 is 0 Å². The van der Waals surface area contributed by atoms with E-state index < -0.39 is 116 Å². The summed E-state index contributed by atoms with van der Waals surface area (Å²) in [5.74, 6) is 0.0175. The number of ketones is 2. The first-order valence-corrected chi connectivity index (χ1v) is 20.6. The maximum absolute atomic E-state index is 14.3. The van der Waals surface area contributed by atoms with Crippen LogP contribution in [0.1, 0.15) is 66.2 Å². The molecule has 17 nitrogen and oxygen atoms in total. The second-order valence-corrected chi connectivity index (χ2v) is 18.2. The minimum atomic E-state index is -1.78. The molecule has 0 radical (unpaired) electrons. The first kappa shape index (κ1) is 42.2. The molecule has 4 aliphatic heterocycles. The molecule has 8 aliphatic rings. The zero-order valence-corrected chi connectivity index (χ0v) is 33.1. The summed E-state index contributed by atoms with van der Waals surface area (Å²) in [6, 6.07) is 0. The second-order valence-electron chi connectivity index (χ2n) is 18.2. The van der Waals surface area contributed by atoms with Gasteiger partial charge in [0.2, 0.25) is 0 Å². The van der Waals surface area contributed by atoms with Crippen LogP contribution in [0, 0.1) is 34.5 Å².